The van der Waals surface area contributed by atoms with E-state index in [1.165, 1.54) is 4.90 Å². The van der Waals surface area contributed by atoms with Gasteiger partial charge in [0.25, 0.3) is 0 Å². The van der Waals surface area contributed by atoms with Gasteiger partial charge >= 0.3 is 0 Å². The number of ether oxygens (including phenoxy) is 1. The van der Waals surface area contributed by atoms with Crippen molar-refractivity contribution in [1.82, 2.24) is 4.90 Å². The Hall–Kier alpha value is -3.67. The highest BCUT2D eigenvalue weighted by molar-refractivity contribution is 6.14. The first-order chi connectivity index (χ1) is 15.5. The monoisotopic (exact) mass is 428 g/mol. The van der Waals surface area contributed by atoms with Crippen molar-refractivity contribution in [1.29, 1.82) is 0 Å². The summed E-state index contributed by atoms with van der Waals surface area (Å²) in [6.45, 7) is 5.84. The van der Waals surface area contributed by atoms with E-state index in [1.807, 2.05) is 42.2 Å². The fourth-order valence-electron chi connectivity index (χ4n) is 5.39. The largest absolute Gasteiger partial charge is 0.497 e. The average molecular weight is 428 g/mol. The molecule has 2 aromatic carbocycles. The molecule has 0 aliphatic carbocycles. The van der Waals surface area contributed by atoms with Gasteiger partial charge in [-0.05, 0) is 42.8 Å². The van der Waals surface area contributed by atoms with Crippen molar-refractivity contribution < 1.29 is 19.1 Å². The molecule has 0 radical (unpaired) electrons. The van der Waals surface area contributed by atoms with Crippen molar-refractivity contribution in [3.05, 3.63) is 78.4 Å². The maximum absolute atomic E-state index is 13.8. The Morgan fingerprint density at radius 3 is 2.44 bits per heavy atom. The van der Waals surface area contributed by atoms with Crippen molar-refractivity contribution in [3.63, 3.8) is 0 Å². The summed E-state index contributed by atoms with van der Waals surface area (Å²) in [5, 5.41) is 0. The molecule has 2 amide bonds. The number of likely N-dealkylation sites (tertiary alicyclic amines) is 1. The van der Waals surface area contributed by atoms with E-state index in [-0.39, 0.29) is 30.2 Å². The van der Waals surface area contributed by atoms with Gasteiger partial charge in [0.05, 0.1) is 25.0 Å². The fraction of sp³-hybridized carbons (Fsp3) is 0.269. The highest BCUT2D eigenvalue weighted by Gasteiger charge is 2.64. The molecule has 0 N–H and O–H groups in total. The molecule has 162 valence electrons. The van der Waals surface area contributed by atoms with Gasteiger partial charge in [0, 0.05) is 23.4 Å². The van der Waals surface area contributed by atoms with Crippen LogP contribution >= 0.6 is 0 Å². The Morgan fingerprint density at radius 1 is 1.06 bits per heavy atom. The first kappa shape index (κ1) is 20.2. The fourth-order valence-corrected chi connectivity index (χ4v) is 5.39. The Bertz CT molecular complexity index is 1170. The molecule has 6 heteroatoms. The third-order valence-electron chi connectivity index (χ3n) is 6.80. The third kappa shape index (κ3) is 2.75. The minimum Gasteiger partial charge on any atom is -0.497 e. The number of anilines is 1. The van der Waals surface area contributed by atoms with Crippen LogP contribution in [-0.4, -0.2) is 48.2 Å². The predicted octanol–water partition coefficient (Wildman–Crippen LogP) is 3.34. The number of ketones is 1. The number of amides is 2. The lowest BCUT2D eigenvalue weighted by molar-refractivity contribution is -0.139. The predicted molar refractivity (Wildman–Crippen MR) is 121 cm³/mol. The number of benzene rings is 2. The number of hydrogen-bond acceptors (Lipinski definition) is 5. The first-order valence-electron chi connectivity index (χ1n) is 10.7. The molecule has 0 bridgehead atoms. The Kier molecular flexibility index (Phi) is 4.73. The van der Waals surface area contributed by atoms with Crippen LogP contribution in [-0.2, 0) is 9.59 Å². The number of methoxy groups -OCH3 is 1. The van der Waals surface area contributed by atoms with E-state index in [2.05, 4.69) is 6.58 Å². The number of fused-ring (bicyclic) bond motifs is 5. The summed E-state index contributed by atoms with van der Waals surface area (Å²) in [4.78, 5) is 43.8. The number of hydrogen-bond donors (Lipinski definition) is 0. The molecule has 32 heavy (non-hydrogen) atoms. The Balaban J connectivity index is 1.66. The second kappa shape index (κ2) is 7.48. The SMILES string of the molecule is C=CCN1C(=O)[C@@H]2[C@H](C1=O)[C@@H]1C=C(C)c3ccccc3N1[C@H]2C(=O)c1ccc(OC)cc1. The highest BCUT2D eigenvalue weighted by atomic mass is 16.5. The highest BCUT2D eigenvalue weighted by Crippen LogP contribution is 2.50. The second-order valence-electron chi connectivity index (χ2n) is 8.43. The van der Waals surface area contributed by atoms with Crippen LogP contribution in [0, 0.1) is 11.8 Å². The maximum atomic E-state index is 13.8. The average Bonchev–Trinajstić information content (AvgIpc) is 3.27. The summed E-state index contributed by atoms with van der Waals surface area (Å²) >= 11 is 0. The van der Waals surface area contributed by atoms with Gasteiger partial charge in [0.2, 0.25) is 11.8 Å². The molecule has 6 nitrogen and oxygen atoms in total. The number of nitrogens with zero attached hydrogens (tertiary/aromatic N) is 2. The molecular formula is C26H24N2O4. The molecule has 4 atom stereocenters. The molecule has 2 aromatic rings. The van der Waals surface area contributed by atoms with Gasteiger partial charge in [-0.2, -0.15) is 0 Å². The van der Waals surface area contributed by atoms with Gasteiger partial charge in [-0.3, -0.25) is 19.3 Å². The van der Waals surface area contributed by atoms with Gasteiger partial charge in [0.1, 0.15) is 11.8 Å². The Morgan fingerprint density at radius 2 is 1.75 bits per heavy atom. The van der Waals surface area contributed by atoms with Crippen molar-refractivity contribution in [3.8, 4) is 5.75 Å². The van der Waals surface area contributed by atoms with Crippen LogP contribution in [0.25, 0.3) is 5.57 Å². The van der Waals surface area contributed by atoms with Crippen LogP contribution in [0.2, 0.25) is 0 Å². The van der Waals surface area contributed by atoms with E-state index in [1.54, 1.807) is 37.5 Å². The summed E-state index contributed by atoms with van der Waals surface area (Å²) < 4.78 is 5.22. The van der Waals surface area contributed by atoms with E-state index in [0.29, 0.717) is 11.3 Å². The van der Waals surface area contributed by atoms with Crippen LogP contribution in [0.5, 0.6) is 5.75 Å². The quantitative estimate of drug-likeness (QED) is 0.415. The van der Waals surface area contributed by atoms with Crippen LogP contribution < -0.4 is 9.64 Å². The van der Waals surface area contributed by atoms with Gasteiger partial charge in [-0.15, -0.1) is 6.58 Å². The van der Waals surface area contributed by atoms with Crippen molar-refractivity contribution in [2.45, 2.75) is 19.0 Å². The summed E-state index contributed by atoms with van der Waals surface area (Å²) in [6, 6.07) is 13.6. The van der Waals surface area contributed by atoms with Crippen molar-refractivity contribution in [2.24, 2.45) is 11.8 Å². The lowest BCUT2D eigenvalue weighted by Gasteiger charge is -2.38. The Labute approximate surface area is 186 Å². The zero-order valence-corrected chi connectivity index (χ0v) is 18.0. The molecule has 3 aliphatic rings. The summed E-state index contributed by atoms with van der Waals surface area (Å²) in [7, 11) is 1.57. The summed E-state index contributed by atoms with van der Waals surface area (Å²) in [5.74, 6) is -1.40. The molecule has 0 unspecified atom stereocenters. The molecule has 5 rings (SSSR count). The zero-order valence-electron chi connectivity index (χ0n) is 18.0. The van der Waals surface area contributed by atoms with Gasteiger partial charge in [-0.1, -0.05) is 30.4 Å². The number of imide groups is 1. The molecule has 2 saturated heterocycles. The van der Waals surface area contributed by atoms with Crippen LogP contribution in [0.1, 0.15) is 22.8 Å². The number of para-hydroxylation sites is 1. The number of allylic oxidation sites excluding steroid dienone is 1. The van der Waals surface area contributed by atoms with Crippen LogP contribution in [0.4, 0.5) is 5.69 Å². The smallest absolute Gasteiger partial charge is 0.236 e. The maximum Gasteiger partial charge on any atom is 0.236 e. The summed E-state index contributed by atoms with van der Waals surface area (Å²) in [5.41, 5.74) is 3.43. The number of carbonyl (C=O) groups is 3. The number of Topliss-reactive ketones (excluding diaryl/α,β-unsaturated/α-hetero) is 1. The minimum atomic E-state index is -0.768. The minimum absolute atomic E-state index is 0.153. The van der Waals surface area contributed by atoms with E-state index in [0.717, 1.165) is 16.8 Å². The standard InChI is InChI=1S/C26H24N2O4/c1-4-13-27-25(30)21-20-14-15(2)18-7-5-6-8-19(18)28(20)23(22(21)26(27)31)24(29)16-9-11-17(32-3)12-10-16/h4-12,14,20-23H,1,13H2,2-3H3/t20-,21+,22+,23+/m0/s1. The lowest BCUT2D eigenvalue weighted by Crippen LogP contribution is -2.49. The van der Waals surface area contributed by atoms with Gasteiger partial charge in [0.15, 0.2) is 5.78 Å². The number of rotatable bonds is 5. The summed E-state index contributed by atoms with van der Waals surface area (Å²) in [6.07, 6.45) is 3.58. The molecular weight excluding hydrogens is 404 g/mol. The first-order valence-corrected chi connectivity index (χ1v) is 10.7. The normalized spacial score (nSPS) is 25.8. The lowest BCUT2D eigenvalue weighted by atomic mass is 9.85. The van der Waals surface area contributed by atoms with E-state index >= 15 is 0 Å². The molecule has 0 spiro atoms. The zero-order chi connectivity index (χ0) is 22.6. The molecule has 0 saturated carbocycles. The van der Waals surface area contributed by atoms with Gasteiger partial charge < -0.3 is 9.64 Å². The second-order valence-corrected chi connectivity index (χ2v) is 8.43. The van der Waals surface area contributed by atoms with Crippen LogP contribution in [0.15, 0.2) is 67.3 Å². The van der Waals surface area contributed by atoms with Gasteiger partial charge in [-0.25, -0.2) is 0 Å². The van der Waals surface area contributed by atoms with Crippen molar-refractivity contribution >= 4 is 28.9 Å². The topological polar surface area (TPSA) is 66.9 Å². The molecule has 3 aliphatic heterocycles. The van der Waals surface area contributed by atoms with E-state index < -0.39 is 17.9 Å². The van der Waals surface area contributed by atoms with Crippen LogP contribution in [0.3, 0.4) is 0 Å². The van der Waals surface area contributed by atoms with E-state index in [9.17, 15) is 14.4 Å². The third-order valence-corrected chi connectivity index (χ3v) is 6.80. The van der Waals surface area contributed by atoms with Crippen molar-refractivity contribution in [2.75, 3.05) is 18.6 Å². The molecule has 3 heterocycles. The molecule has 0 aromatic heterocycles. The van der Waals surface area contributed by atoms with E-state index in [4.69, 9.17) is 4.74 Å². The number of carbonyl (C=O) groups excluding carboxylic acids is 3. The molecule has 2 fully saturated rings.